The van der Waals surface area contributed by atoms with Crippen LogP contribution >= 0.6 is 0 Å². The summed E-state index contributed by atoms with van der Waals surface area (Å²) in [6, 6.07) is 4.26. The first-order valence-electron chi connectivity index (χ1n) is 7.65. The molecule has 0 aliphatic rings. The Bertz CT molecular complexity index is 637. The van der Waals surface area contributed by atoms with Crippen LogP contribution in [-0.4, -0.2) is 42.4 Å². The molecule has 0 radical (unpaired) electrons. The third-order valence-corrected chi connectivity index (χ3v) is 3.13. The number of quaternary nitrogens is 1. The predicted molar refractivity (Wildman–Crippen MR) is 91.0 cm³/mol. The van der Waals surface area contributed by atoms with Gasteiger partial charge in [0.2, 0.25) is 0 Å². The molecule has 2 amide bonds. The second-order valence-electron chi connectivity index (χ2n) is 6.91. The van der Waals surface area contributed by atoms with Crippen LogP contribution in [0.5, 0.6) is 0 Å². The fourth-order valence-corrected chi connectivity index (χ4v) is 2.17. The fourth-order valence-electron chi connectivity index (χ4n) is 2.17. The van der Waals surface area contributed by atoms with Gasteiger partial charge in [-0.1, -0.05) is 0 Å². The van der Waals surface area contributed by atoms with Gasteiger partial charge in [-0.05, 0) is 39.3 Å². The molecule has 24 heavy (non-hydrogen) atoms. The summed E-state index contributed by atoms with van der Waals surface area (Å²) >= 11 is 0. The Morgan fingerprint density at radius 3 is 2.29 bits per heavy atom. The molecule has 0 bridgehead atoms. The maximum absolute atomic E-state index is 12.1. The monoisotopic (exact) mass is 337 g/mol. The Hall–Kier alpha value is -2.48. The van der Waals surface area contributed by atoms with Gasteiger partial charge in [0, 0.05) is 23.4 Å². The van der Waals surface area contributed by atoms with Crippen LogP contribution in [0.3, 0.4) is 0 Å². The molecule has 132 valence electrons. The highest BCUT2D eigenvalue weighted by atomic mass is 16.6. The van der Waals surface area contributed by atoms with E-state index in [1.54, 1.807) is 14.0 Å². The highest BCUT2D eigenvalue weighted by Gasteiger charge is 2.19. The number of hydrogen-bond acceptors (Lipinski definition) is 4. The summed E-state index contributed by atoms with van der Waals surface area (Å²) < 4.78 is 0. The van der Waals surface area contributed by atoms with Gasteiger partial charge in [0.05, 0.1) is 12.0 Å². The zero-order valence-corrected chi connectivity index (χ0v) is 14.7. The van der Waals surface area contributed by atoms with E-state index in [0.717, 1.165) is 4.90 Å². The van der Waals surface area contributed by atoms with Crippen molar-refractivity contribution in [2.24, 2.45) is 0 Å². The zero-order valence-electron chi connectivity index (χ0n) is 14.7. The molecule has 0 aliphatic heterocycles. The van der Waals surface area contributed by atoms with Crippen molar-refractivity contribution in [2.45, 2.75) is 33.2 Å². The normalized spacial score (nSPS) is 12.4. The summed E-state index contributed by atoms with van der Waals surface area (Å²) in [7, 11) is 1.75. The lowest BCUT2D eigenvalue weighted by molar-refractivity contribution is -0.862. The summed E-state index contributed by atoms with van der Waals surface area (Å²) in [4.78, 5) is 34.9. The molecule has 1 unspecified atom stereocenters. The van der Waals surface area contributed by atoms with Crippen molar-refractivity contribution in [2.75, 3.05) is 25.5 Å². The van der Waals surface area contributed by atoms with Gasteiger partial charge in [0.25, 0.3) is 17.5 Å². The molecule has 8 heteroatoms. The number of nitro groups is 1. The minimum Gasteiger partial charge on any atom is -0.347 e. The lowest BCUT2D eigenvalue weighted by atomic mass is 10.1. The zero-order chi connectivity index (χ0) is 18.5. The summed E-state index contributed by atoms with van der Waals surface area (Å²) in [6.07, 6.45) is 0. The molecule has 1 aromatic rings. The number of nitrogens with one attached hydrogen (secondary N) is 3. The number of nitro benzene ring substituents is 1. The summed E-state index contributed by atoms with van der Waals surface area (Å²) in [6.45, 7) is 7.67. The number of likely N-dealkylation sites (N-methyl/N-ethyl adjacent to an activating group) is 1. The quantitative estimate of drug-likeness (QED) is 0.512. The topological polar surface area (TPSA) is 106 Å². The van der Waals surface area contributed by atoms with Crippen LogP contribution in [-0.2, 0) is 9.59 Å². The van der Waals surface area contributed by atoms with E-state index in [2.05, 4.69) is 10.6 Å². The molecule has 1 atom stereocenters. The number of hydrogen-bond donors (Lipinski definition) is 3. The Labute approximate surface area is 141 Å². The average molecular weight is 337 g/mol. The van der Waals surface area contributed by atoms with Gasteiger partial charge in [0.15, 0.2) is 13.1 Å². The van der Waals surface area contributed by atoms with E-state index >= 15 is 0 Å². The second-order valence-corrected chi connectivity index (χ2v) is 6.91. The largest absolute Gasteiger partial charge is 0.347 e. The minimum absolute atomic E-state index is 0.0212. The Balaban J connectivity index is 2.57. The van der Waals surface area contributed by atoms with E-state index in [-0.39, 0.29) is 36.1 Å². The SMILES string of the molecule is Cc1cc([N+](=O)[O-])ccc1NC(=O)C[NH+](C)CC(=O)NC(C)(C)C. The number of anilines is 1. The number of benzene rings is 1. The molecule has 0 fully saturated rings. The van der Waals surface area contributed by atoms with E-state index < -0.39 is 4.92 Å². The number of carbonyl (C=O) groups excluding carboxylic acids is 2. The van der Waals surface area contributed by atoms with Gasteiger partial charge >= 0.3 is 0 Å². The lowest BCUT2D eigenvalue weighted by Crippen LogP contribution is -3.11. The van der Waals surface area contributed by atoms with Crippen LogP contribution in [0.1, 0.15) is 26.3 Å². The van der Waals surface area contributed by atoms with E-state index in [1.165, 1.54) is 18.2 Å². The van der Waals surface area contributed by atoms with Gasteiger partial charge < -0.3 is 15.5 Å². The number of amides is 2. The summed E-state index contributed by atoms with van der Waals surface area (Å²) in [5.74, 6) is -0.382. The van der Waals surface area contributed by atoms with Crippen LogP contribution in [0.2, 0.25) is 0 Å². The number of rotatable bonds is 6. The van der Waals surface area contributed by atoms with E-state index in [4.69, 9.17) is 0 Å². The first kappa shape index (κ1) is 19.6. The summed E-state index contributed by atoms with van der Waals surface area (Å²) in [5, 5.41) is 16.3. The van der Waals surface area contributed by atoms with Crippen molar-refractivity contribution in [1.82, 2.24) is 5.32 Å². The van der Waals surface area contributed by atoms with Crippen molar-refractivity contribution >= 4 is 23.2 Å². The first-order valence-corrected chi connectivity index (χ1v) is 7.65. The van der Waals surface area contributed by atoms with Crippen LogP contribution in [0.4, 0.5) is 11.4 Å². The van der Waals surface area contributed by atoms with Gasteiger partial charge in [0.1, 0.15) is 0 Å². The van der Waals surface area contributed by atoms with E-state index in [1.807, 2.05) is 20.8 Å². The molecule has 3 N–H and O–H groups in total. The maximum Gasteiger partial charge on any atom is 0.279 e. The van der Waals surface area contributed by atoms with Crippen molar-refractivity contribution in [3.8, 4) is 0 Å². The number of nitrogens with zero attached hydrogens (tertiary/aromatic N) is 1. The molecule has 0 heterocycles. The molecule has 8 nitrogen and oxygen atoms in total. The Morgan fingerprint density at radius 2 is 1.79 bits per heavy atom. The number of aryl methyl sites for hydroxylation is 1. The Morgan fingerprint density at radius 1 is 1.21 bits per heavy atom. The maximum atomic E-state index is 12.1. The molecule has 0 spiro atoms. The standard InChI is InChI=1S/C16H24N4O4/c1-11-8-12(20(23)24)6-7-13(11)17-14(21)9-19(5)10-15(22)18-16(2,3)4/h6-8H,9-10H2,1-5H3,(H,17,21)(H,18,22)/p+1. The molecule has 0 saturated heterocycles. The predicted octanol–water partition coefficient (Wildman–Crippen LogP) is 0.271. The molecule has 0 aromatic heterocycles. The Kier molecular flexibility index (Phi) is 6.42. The molecular formula is C16H25N4O4+. The number of non-ortho nitro benzene ring substituents is 1. The van der Waals surface area contributed by atoms with Gasteiger partial charge in [-0.2, -0.15) is 0 Å². The average Bonchev–Trinajstić information content (AvgIpc) is 2.37. The van der Waals surface area contributed by atoms with E-state index in [0.29, 0.717) is 11.3 Å². The fraction of sp³-hybridized carbons (Fsp3) is 0.500. The van der Waals surface area contributed by atoms with E-state index in [9.17, 15) is 19.7 Å². The molecule has 0 aliphatic carbocycles. The van der Waals surface area contributed by atoms with Gasteiger partial charge in [-0.25, -0.2) is 0 Å². The van der Waals surface area contributed by atoms with Crippen molar-refractivity contribution in [3.05, 3.63) is 33.9 Å². The highest BCUT2D eigenvalue weighted by Crippen LogP contribution is 2.20. The number of carbonyl (C=O) groups is 2. The van der Waals surface area contributed by atoms with Crippen LogP contribution in [0.25, 0.3) is 0 Å². The smallest absolute Gasteiger partial charge is 0.279 e. The van der Waals surface area contributed by atoms with Crippen molar-refractivity contribution < 1.29 is 19.4 Å². The molecule has 1 aromatic carbocycles. The highest BCUT2D eigenvalue weighted by molar-refractivity contribution is 5.92. The van der Waals surface area contributed by atoms with Gasteiger partial charge in [-0.15, -0.1) is 0 Å². The van der Waals surface area contributed by atoms with Crippen LogP contribution in [0, 0.1) is 17.0 Å². The summed E-state index contributed by atoms with van der Waals surface area (Å²) in [5.41, 5.74) is 0.806. The third-order valence-electron chi connectivity index (χ3n) is 3.13. The van der Waals surface area contributed by atoms with Crippen LogP contribution in [0.15, 0.2) is 18.2 Å². The van der Waals surface area contributed by atoms with Crippen LogP contribution < -0.4 is 15.5 Å². The van der Waals surface area contributed by atoms with Crippen molar-refractivity contribution in [1.29, 1.82) is 0 Å². The molecule has 0 saturated carbocycles. The molecular weight excluding hydrogens is 312 g/mol. The first-order chi connectivity index (χ1) is 11.0. The van der Waals surface area contributed by atoms with Crippen molar-refractivity contribution in [3.63, 3.8) is 0 Å². The second kappa shape index (κ2) is 7.87. The molecule has 1 rings (SSSR count). The lowest BCUT2D eigenvalue weighted by Gasteiger charge is -2.21. The minimum atomic E-state index is -0.482. The third kappa shape index (κ3) is 6.74. The van der Waals surface area contributed by atoms with Gasteiger partial charge in [-0.3, -0.25) is 19.7 Å².